The summed E-state index contributed by atoms with van der Waals surface area (Å²) in [5, 5.41) is 9.04. The molecule has 4 nitrogen and oxygen atoms in total. The quantitative estimate of drug-likeness (QED) is 0.492. The Morgan fingerprint density at radius 2 is 2.17 bits per heavy atom. The molecule has 6 heteroatoms. The van der Waals surface area contributed by atoms with Crippen LogP contribution in [-0.4, -0.2) is 29.9 Å². The fraction of sp³-hybridized carbons (Fsp3) is 0.333. The van der Waals surface area contributed by atoms with Gasteiger partial charge in [0, 0.05) is 15.8 Å². The Hall–Kier alpha value is -1.01. The molecule has 0 aromatic heterocycles. The van der Waals surface area contributed by atoms with Gasteiger partial charge in [-0.15, -0.1) is 11.8 Å². The fourth-order valence-corrected chi connectivity index (χ4v) is 2.84. The standard InChI is InChI=1S/C12H13BrO4S/c1-17-11(14)3-2-6-18-10-7-8(13)4-5-9(10)12(15)16/h4-5,7H,2-3,6H2,1H3,(H,15,16). The van der Waals surface area contributed by atoms with E-state index in [1.54, 1.807) is 18.2 Å². The number of carbonyl (C=O) groups is 2. The first kappa shape index (κ1) is 15.0. The lowest BCUT2D eigenvalue weighted by Gasteiger charge is -2.06. The van der Waals surface area contributed by atoms with E-state index in [1.165, 1.54) is 18.9 Å². The molecule has 1 aromatic carbocycles. The lowest BCUT2D eigenvalue weighted by Crippen LogP contribution is -2.01. The predicted molar refractivity (Wildman–Crippen MR) is 73.1 cm³/mol. The molecular weight excluding hydrogens is 320 g/mol. The van der Waals surface area contributed by atoms with Crippen LogP contribution in [0.5, 0.6) is 0 Å². The second kappa shape index (κ2) is 7.43. The van der Waals surface area contributed by atoms with Crippen molar-refractivity contribution in [2.45, 2.75) is 17.7 Å². The Morgan fingerprint density at radius 1 is 1.44 bits per heavy atom. The Bertz CT molecular complexity index is 448. The number of hydrogen-bond acceptors (Lipinski definition) is 4. The van der Waals surface area contributed by atoms with Crippen LogP contribution >= 0.6 is 27.7 Å². The number of carboxylic acid groups (broad SMARTS) is 1. The molecule has 0 unspecified atom stereocenters. The Labute approximate surface area is 118 Å². The van der Waals surface area contributed by atoms with Gasteiger partial charge in [0.1, 0.15) is 0 Å². The number of rotatable bonds is 6. The first-order chi connectivity index (χ1) is 8.54. The monoisotopic (exact) mass is 332 g/mol. The molecule has 0 bridgehead atoms. The van der Waals surface area contributed by atoms with Crippen molar-refractivity contribution in [1.29, 1.82) is 0 Å². The smallest absolute Gasteiger partial charge is 0.336 e. The number of hydrogen-bond donors (Lipinski definition) is 1. The molecule has 0 aliphatic rings. The van der Waals surface area contributed by atoms with Gasteiger partial charge < -0.3 is 9.84 Å². The fourth-order valence-electron chi connectivity index (χ4n) is 1.29. The van der Waals surface area contributed by atoms with Crippen molar-refractivity contribution < 1.29 is 19.4 Å². The van der Waals surface area contributed by atoms with Crippen molar-refractivity contribution in [2.75, 3.05) is 12.9 Å². The summed E-state index contributed by atoms with van der Waals surface area (Å²) in [7, 11) is 1.35. The third-order valence-corrected chi connectivity index (χ3v) is 3.82. The molecule has 0 atom stereocenters. The maximum atomic E-state index is 11.0. The Kier molecular flexibility index (Phi) is 6.21. The van der Waals surface area contributed by atoms with E-state index in [0.29, 0.717) is 23.5 Å². The van der Waals surface area contributed by atoms with Crippen molar-refractivity contribution in [2.24, 2.45) is 0 Å². The summed E-state index contributed by atoms with van der Waals surface area (Å²) in [4.78, 5) is 22.6. The van der Waals surface area contributed by atoms with Crippen LogP contribution in [0.3, 0.4) is 0 Å². The van der Waals surface area contributed by atoms with Gasteiger partial charge in [-0.05, 0) is 30.4 Å². The molecular formula is C12H13BrO4S. The molecule has 0 amide bonds. The van der Waals surface area contributed by atoms with Gasteiger partial charge in [-0.1, -0.05) is 15.9 Å². The minimum absolute atomic E-state index is 0.247. The summed E-state index contributed by atoms with van der Waals surface area (Å²) in [5.74, 6) is -0.521. The molecule has 0 saturated carbocycles. The molecule has 0 heterocycles. The highest BCUT2D eigenvalue weighted by molar-refractivity contribution is 9.10. The lowest BCUT2D eigenvalue weighted by atomic mass is 10.2. The molecule has 0 fully saturated rings. The zero-order chi connectivity index (χ0) is 13.5. The average molecular weight is 333 g/mol. The zero-order valence-electron chi connectivity index (χ0n) is 9.81. The molecule has 1 N–H and O–H groups in total. The summed E-state index contributed by atoms with van der Waals surface area (Å²) in [5.41, 5.74) is 0.279. The van der Waals surface area contributed by atoms with Crippen LogP contribution in [-0.2, 0) is 9.53 Å². The topological polar surface area (TPSA) is 63.6 Å². The molecule has 1 rings (SSSR count). The minimum Gasteiger partial charge on any atom is -0.478 e. The molecule has 0 spiro atoms. The summed E-state index contributed by atoms with van der Waals surface area (Å²) >= 11 is 4.73. The van der Waals surface area contributed by atoms with E-state index in [9.17, 15) is 9.59 Å². The van der Waals surface area contributed by atoms with Gasteiger partial charge in [0.15, 0.2) is 0 Å². The van der Waals surface area contributed by atoms with Crippen molar-refractivity contribution >= 4 is 39.6 Å². The third kappa shape index (κ3) is 4.70. The van der Waals surface area contributed by atoms with Gasteiger partial charge in [-0.25, -0.2) is 4.79 Å². The zero-order valence-corrected chi connectivity index (χ0v) is 12.2. The van der Waals surface area contributed by atoms with Crippen LogP contribution in [0.1, 0.15) is 23.2 Å². The van der Waals surface area contributed by atoms with Crippen molar-refractivity contribution in [3.63, 3.8) is 0 Å². The molecule has 1 aromatic rings. The van der Waals surface area contributed by atoms with Gasteiger partial charge in [0.2, 0.25) is 0 Å². The van der Waals surface area contributed by atoms with E-state index < -0.39 is 5.97 Å². The SMILES string of the molecule is COC(=O)CCCSc1cc(Br)ccc1C(=O)O. The molecule has 0 aliphatic carbocycles. The summed E-state index contributed by atoms with van der Waals surface area (Å²) in [6.45, 7) is 0. The number of carbonyl (C=O) groups excluding carboxylic acids is 1. The van der Waals surface area contributed by atoms with Crippen LogP contribution < -0.4 is 0 Å². The van der Waals surface area contributed by atoms with E-state index in [-0.39, 0.29) is 11.5 Å². The second-order valence-electron chi connectivity index (χ2n) is 3.47. The summed E-state index contributed by atoms with van der Waals surface area (Å²) in [6.07, 6.45) is 1.00. The Balaban J connectivity index is 2.58. The van der Waals surface area contributed by atoms with Gasteiger partial charge in [0.25, 0.3) is 0 Å². The Morgan fingerprint density at radius 3 is 2.78 bits per heavy atom. The van der Waals surface area contributed by atoms with Gasteiger partial charge >= 0.3 is 11.9 Å². The van der Waals surface area contributed by atoms with Crippen LogP contribution in [0, 0.1) is 0 Å². The highest BCUT2D eigenvalue weighted by Gasteiger charge is 2.11. The second-order valence-corrected chi connectivity index (χ2v) is 5.53. The number of carboxylic acids is 1. The maximum absolute atomic E-state index is 11.0. The van der Waals surface area contributed by atoms with Crippen molar-refractivity contribution in [3.8, 4) is 0 Å². The highest BCUT2D eigenvalue weighted by Crippen LogP contribution is 2.27. The van der Waals surface area contributed by atoms with Crippen LogP contribution in [0.4, 0.5) is 0 Å². The van der Waals surface area contributed by atoms with Gasteiger partial charge in [0.05, 0.1) is 12.7 Å². The highest BCUT2D eigenvalue weighted by atomic mass is 79.9. The number of benzene rings is 1. The largest absolute Gasteiger partial charge is 0.478 e. The maximum Gasteiger partial charge on any atom is 0.336 e. The summed E-state index contributed by atoms with van der Waals surface area (Å²) in [6, 6.07) is 5.03. The molecule has 18 heavy (non-hydrogen) atoms. The normalized spacial score (nSPS) is 10.1. The molecule has 0 saturated heterocycles. The van der Waals surface area contributed by atoms with Crippen molar-refractivity contribution in [3.05, 3.63) is 28.2 Å². The molecule has 0 radical (unpaired) electrons. The lowest BCUT2D eigenvalue weighted by molar-refractivity contribution is -0.140. The van der Waals surface area contributed by atoms with E-state index >= 15 is 0 Å². The first-order valence-electron chi connectivity index (χ1n) is 5.27. The number of aromatic carboxylic acids is 1. The summed E-state index contributed by atoms with van der Waals surface area (Å²) < 4.78 is 5.37. The van der Waals surface area contributed by atoms with Crippen LogP contribution in [0.2, 0.25) is 0 Å². The average Bonchev–Trinajstić information content (AvgIpc) is 2.34. The minimum atomic E-state index is -0.946. The molecule has 98 valence electrons. The predicted octanol–water partition coefficient (Wildman–Crippen LogP) is 3.19. The molecule has 0 aliphatic heterocycles. The van der Waals surface area contributed by atoms with E-state index in [0.717, 1.165) is 4.47 Å². The number of thioether (sulfide) groups is 1. The number of halogens is 1. The van der Waals surface area contributed by atoms with Crippen molar-refractivity contribution in [1.82, 2.24) is 0 Å². The number of methoxy groups -OCH3 is 1. The number of ether oxygens (including phenoxy) is 1. The third-order valence-electron chi connectivity index (χ3n) is 2.18. The van der Waals surface area contributed by atoms with Crippen LogP contribution in [0.15, 0.2) is 27.6 Å². The van der Waals surface area contributed by atoms with E-state index in [1.807, 2.05) is 0 Å². The van der Waals surface area contributed by atoms with Gasteiger partial charge in [-0.2, -0.15) is 0 Å². The first-order valence-corrected chi connectivity index (χ1v) is 7.05. The van der Waals surface area contributed by atoms with Crippen LogP contribution in [0.25, 0.3) is 0 Å². The van der Waals surface area contributed by atoms with Gasteiger partial charge in [-0.3, -0.25) is 4.79 Å². The number of esters is 1. The van der Waals surface area contributed by atoms with E-state index in [4.69, 9.17) is 5.11 Å². The van der Waals surface area contributed by atoms with E-state index in [2.05, 4.69) is 20.7 Å².